The summed E-state index contributed by atoms with van der Waals surface area (Å²) in [6.07, 6.45) is 6.75. The third kappa shape index (κ3) is 6.75. The van der Waals surface area contributed by atoms with E-state index in [2.05, 4.69) is 72.9 Å². The third-order valence-electron chi connectivity index (χ3n) is 4.62. The number of hydrogen-bond acceptors (Lipinski definition) is 8. The molecule has 0 aliphatic carbocycles. The summed E-state index contributed by atoms with van der Waals surface area (Å²) < 4.78 is 1.23. The Hall–Kier alpha value is 1.50. The van der Waals surface area contributed by atoms with Crippen LogP contribution in [0.4, 0.5) is 0 Å². The Kier molecular flexibility index (Phi) is 10.8. The van der Waals surface area contributed by atoms with Gasteiger partial charge in [-0.1, -0.05) is 24.3 Å². The van der Waals surface area contributed by atoms with Crippen molar-refractivity contribution in [2.45, 2.75) is 32.5 Å². The molecular weight excluding hydrogens is 497 g/mol. The summed E-state index contributed by atoms with van der Waals surface area (Å²) in [5, 5.41) is 5.85. The van der Waals surface area contributed by atoms with Crippen molar-refractivity contribution in [3.05, 3.63) is 56.0 Å². The van der Waals surface area contributed by atoms with E-state index >= 15 is 0 Å². The Morgan fingerprint density at radius 2 is 1.18 bits per heavy atom. The second kappa shape index (κ2) is 12.5. The van der Waals surface area contributed by atoms with Gasteiger partial charge in [-0.05, 0) is 47.3 Å². The van der Waals surface area contributed by atoms with Crippen molar-refractivity contribution in [2.24, 2.45) is 0 Å². The van der Waals surface area contributed by atoms with Gasteiger partial charge in [-0.2, -0.15) is 48.8 Å². The molecule has 0 radical (unpaired) electrons. The Balaban J connectivity index is 1.54. The summed E-state index contributed by atoms with van der Waals surface area (Å²) >= 11 is 20.8. The van der Waals surface area contributed by atoms with Crippen LogP contribution >= 0.6 is 95.8 Å². The first-order chi connectivity index (χ1) is 13.7. The van der Waals surface area contributed by atoms with Crippen molar-refractivity contribution in [3.63, 3.8) is 0 Å². The highest BCUT2D eigenvalue weighted by atomic mass is 32.2. The first kappa shape index (κ1) is 24.1. The average Bonchev–Trinajstić information content (AvgIpc) is 3.40. The molecule has 0 fully saturated rings. The van der Waals surface area contributed by atoms with Gasteiger partial charge >= 0.3 is 0 Å². The molecule has 154 valence electrons. The highest BCUT2D eigenvalue weighted by molar-refractivity contribution is 8.24. The molecule has 4 atom stereocenters. The first-order valence-corrected chi connectivity index (χ1v) is 16.5. The van der Waals surface area contributed by atoms with Crippen LogP contribution in [0.3, 0.4) is 0 Å². The molecule has 0 amide bonds. The lowest BCUT2D eigenvalue weighted by atomic mass is 10.0. The van der Waals surface area contributed by atoms with Crippen LogP contribution in [0.15, 0.2) is 44.9 Å². The fraction of sp³-hybridized carbons (Fsp3) is 0.500. The van der Waals surface area contributed by atoms with E-state index in [-0.39, 0.29) is 0 Å². The molecule has 2 aliphatic heterocycles. The Bertz CT molecular complexity index is 625. The average molecular weight is 523 g/mol. The molecule has 4 unspecified atom stereocenters. The number of rotatable bonds is 10. The fourth-order valence-electron chi connectivity index (χ4n) is 3.03. The lowest BCUT2D eigenvalue weighted by molar-refractivity contribution is 0.914. The van der Waals surface area contributed by atoms with Gasteiger partial charge in [0.2, 0.25) is 0 Å². The molecule has 0 saturated carbocycles. The quantitative estimate of drug-likeness (QED) is 0.305. The summed E-state index contributed by atoms with van der Waals surface area (Å²) in [4.78, 5) is 2.82. The lowest BCUT2D eigenvalue weighted by Crippen LogP contribution is -2.18. The van der Waals surface area contributed by atoms with Crippen molar-refractivity contribution >= 4 is 95.8 Å². The van der Waals surface area contributed by atoms with Crippen LogP contribution in [-0.2, 0) is 12.8 Å². The van der Waals surface area contributed by atoms with Crippen molar-refractivity contribution in [1.82, 2.24) is 0 Å². The van der Waals surface area contributed by atoms with Crippen LogP contribution in [-0.4, -0.2) is 43.7 Å². The minimum atomic E-state index is 0.614. The topological polar surface area (TPSA) is 0 Å². The monoisotopic (exact) mass is 522 g/mol. The zero-order valence-corrected chi connectivity index (χ0v) is 22.6. The Labute approximate surface area is 206 Å². The standard InChI is InChI=1S/C20H26S8/c1-23-17(19-25-11-15(9-21)27-19)7-13-3-5-14(6-4-13)8-18(24-2)20-26-12-16(10-22)28-20/h3-6,11-12,17-22H,7-10H2,1-2H3. The largest absolute Gasteiger partial charge is 0.174 e. The lowest BCUT2D eigenvalue weighted by Gasteiger charge is -2.22. The normalized spacial score (nSPS) is 24.1. The van der Waals surface area contributed by atoms with Gasteiger partial charge in [0, 0.05) is 31.8 Å². The van der Waals surface area contributed by atoms with E-state index < -0.39 is 0 Å². The summed E-state index contributed by atoms with van der Waals surface area (Å²) in [5.41, 5.74) is 2.90. The highest BCUT2D eigenvalue weighted by Crippen LogP contribution is 2.46. The SMILES string of the molecule is CSC(Cc1ccc(CC(SC)C2SC=C(CS)S2)cc1)C1SC=C(CS)S1. The van der Waals surface area contributed by atoms with E-state index in [1.807, 2.05) is 70.6 Å². The molecule has 2 heterocycles. The second-order valence-corrected chi connectivity index (χ2v) is 14.5. The van der Waals surface area contributed by atoms with Crippen LogP contribution in [0.2, 0.25) is 0 Å². The maximum atomic E-state index is 4.42. The molecule has 3 rings (SSSR count). The van der Waals surface area contributed by atoms with E-state index in [9.17, 15) is 0 Å². The van der Waals surface area contributed by atoms with E-state index in [1.165, 1.54) is 20.9 Å². The number of thiol groups is 2. The van der Waals surface area contributed by atoms with Gasteiger partial charge in [0.15, 0.2) is 0 Å². The van der Waals surface area contributed by atoms with Crippen LogP contribution in [0.1, 0.15) is 11.1 Å². The minimum absolute atomic E-state index is 0.614. The second-order valence-electron chi connectivity index (χ2n) is 6.50. The van der Waals surface area contributed by atoms with E-state index in [1.54, 1.807) is 0 Å². The van der Waals surface area contributed by atoms with Crippen LogP contribution < -0.4 is 0 Å². The van der Waals surface area contributed by atoms with E-state index in [0.29, 0.717) is 19.7 Å². The van der Waals surface area contributed by atoms with Crippen molar-refractivity contribution in [3.8, 4) is 0 Å². The molecule has 28 heavy (non-hydrogen) atoms. The maximum absolute atomic E-state index is 4.42. The van der Waals surface area contributed by atoms with Gasteiger partial charge in [-0.15, -0.1) is 47.0 Å². The Morgan fingerprint density at radius 3 is 1.46 bits per heavy atom. The predicted molar refractivity (Wildman–Crippen MR) is 150 cm³/mol. The van der Waals surface area contributed by atoms with Gasteiger partial charge in [-0.3, -0.25) is 0 Å². The molecule has 2 aliphatic rings. The fourth-order valence-corrected chi connectivity index (χ4v) is 11.9. The van der Waals surface area contributed by atoms with E-state index in [4.69, 9.17) is 0 Å². The predicted octanol–water partition coefficient (Wildman–Crippen LogP) is 7.39. The zero-order valence-electron chi connectivity index (χ0n) is 15.9. The smallest absolute Gasteiger partial charge is 0.0709 e. The Morgan fingerprint density at radius 1 is 0.786 bits per heavy atom. The first-order valence-electron chi connectivity index (χ1n) is 9.04. The van der Waals surface area contributed by atoms with Gasteiger partial charge in [-0.25, -0.2) is 0 Å². The molecule has 8 heteroatoms. The van der Waals surface area contributed by atoms with E-state index in [0.717, 1.165) is 24.3 Å². The van der Waals surface area contributed by atoms with Gasteiger partial charge < -0.3 is 0 Å². The molecule has 0 N–H and O–H groups in total. The maximum Gasteiger partial charge on any atom is 0.0709 e. The van der Waals surface area contributed by atoms with Gasteiger partial charge in [0.1, 0.15) is 0 Å². The van der Waals surface area contributed by atoms with Gasteiger partial charge in [0.25, 0.3) is 0 Å². The van der Waals surface area contributed by atoms with Crippen molar-refractivity contribution < 1.29 is 0 Å². The summed E-state index contributed by atoms with van der Waals surface area (Å²) in [6, 6.07) is 9.39. The van der Waals surface area contributed by atoms with Crippen LogP contribution in [0, 0.1) is 0 Å². The molecule has 0 aromatic heterocycles. The number of benzene rings is 1. The minimum Gasteiger partial charge on any atom is -0.174 e. The molecular formula is C20H26S8. The molecule has 0 spiro atoms. The van der Waals surface area contributed by atoms with Crippen molar-refractivity contribution in [1.29, 1.82) is 0 Å². The molecule has 1 aromatic carbocycles. The summed E-state index contributed by atoms with van der Waals surface area (Å²) in [6.45, 7) is 0. The van der Waals surface area contributed by atoms with Crippen LogP contribution in [0.25, 0.3) is 0 Å². The summed E-state index contributed by atoms with van der Waals surface area (Å²) in [5.74, 6) is 1.73. The number of thioether (sulfide) groups is 6. The molecule has 0 bridgehead atoms. The highest BCUT2D eigenvalue weighted by Gasteiger charge is 2.28. The van der Waals surface area contributed by atoms with Gasteiger partial charge in [0.05, 0.1) is 9.16 Å². The third-order valence-corrected chi connectivity index (χ3v) is 14.3. The van der Waals surface area contributed by atoms with Crippen molar-refractivity contribution in [2.75, 3.05) is 24.0 Å². The number of hydrogen-bond donors (Lipinski definition) is 2. The zero-order chi connectivity index (χ0) is 19.9. The molecule has 0 saturated heterocycles. The molecule has 1 aromatic rings. The molecule has 0 nitrogen and oxygen atoms in total. The van der Waals surface area contributed by atoms with Crippen LogP contribution in [0.5, 0.6) is 0 Å². The summed E-state index contributed by atoms with van der Waals surface area (Å²) in [7, 11) is 0.